The van der Waals surface area contributed by atoms with Crippen molar-refractivity contribution in [2.75, 3.05) is 26.3 Å². The van der Waals surface area contributed by atoms with Crippen molar-refractivity contribution in [1.82, 2.24) is 15.2 Å². The van der Waals surface area contributed by atoms with E-state index >= 15 is 0 Å². The molecule has 40 heavy (non-hydrogen) atoms. The van der Waals surface area contributed by atoms with Crippen LogP contribution in [0.2, 0.25) is 0 Å². The molecule has 1 fully saturated rings. The molecule has 4 rings (SSSR count). The second-order valence-electron chi connectivity index (χ2n) is 10.1. The molecule has 0 saturated carbocycles. The molecule has 0 aliphatic carbocycles. The van der Waals surface area contributed by atoms with Gasteiger partial charge in [-0.15, -0.1) is 28.8 Å². The van der Waals surface area contributed by atoms with Crippen LogP contribution in [0, 0.1) is 11.3 Å². The van der Waals surface area contributed by atoms with Crippen molar-refractivity contribution in [1.29, 1.82) is 5.26 Å². The maximum atomic E-state index is 12.8. The Bertz CT molecular complexity index is 1420. The second-order valence-corrected chi connectivity index (χ2v) is 12.2. The van der Waals surface area contributed by atoms with Crippen LogP contribution in [0.1, 0.15) is 19.4 Å². The van der Waals surface area contributed by atoms with Crippen molar-refractivity contribution < 1.29 is 23.0 Å². The fourth-order valence-corrected chi connectivity index (χ4v) is 5.77. The van der Waals surface area contributed by atoms with Gasteiger partial charge in [0, 0.05) is 18.6 Å². The summed E-state index contributed by atoms with van der Waals surface area (Å²) in [6, 6.07) is 22.4. The number of sulfonamides is 1. The molecule has 2 unspecified atom stereocenters. The molecule has 0 spiro atoms. The van der Waals surface area contributed by atoms with Gasteiger partial charge < -0.3 is 19.9 Å². The van der Waals surface area contributed by atoms with Gasteiger partial charge in [0.2, 0.25) is 0 Å². The first-order chi connectivity index (χ1) is 18.6. The Hall–Kier alpha value is -2.46. The molecule has 1 aliphatic rings. The third-order valence-electron chi connectivity index (χ3n) is 6.39. The Morgan fingerprint density at radius 1 is 1.18 bits per heavy atom. The predicted molar refractivity (Wildman–Crippen MR) is 157 cm³/mol. The minimum absolute atomic E-state index is 0. The van der Waals surface area contributed by atoms with E-state index in [0.29, 0.717) is 12.3 Å². The largest absolute Gasteiger partial charge is 0.491 e. The predicted octanol–water partition coefficient (Wildman–Crippen LogP) is 3.59. The van der Waals surface area contributed by atoms with Gasteiger partial charge >= 0.3 is 0 Å². The Morgan fingerprint density at radius 3 is 2.58 bits per heavy atom. The molecule has 1 heterocycles. The van der Waals surface area contributed by atoms with E-state index in [1.54, 1.807) is 0 Å². The molecule has 3 N–H and O–H groups in total. The molecule has 3 aromatic rings. The number of ether oxygens (including phenoxy) is 2. The number of benzene rings is 3. The Morgan fingerprint density at radius 2 is 1.88 bits per heavy atom. The topological polar surface area (TPSA) is 124 Å². The lowest BCUT2D eigenvalue weighted by molar-refractivity contribution is -0.0247. The average molecular weight is 610 g/mol. The SMILES string of the molecule is CC(C)(Cc1ccc2ccccc2c1)NC[C@@H](O)COc1ccc(S(=O)(=O)NN2CCOC(C#N)C2Cl)cc1.Cl. The van der Waals surface area contributed by atoms with Crippen molar-refractivity contribution in [2.24, 2.45) is 0 Å². The maximum absolute atomic E-state index is 12.8. The van der Waals surface area contributed by atoms with Crippen LogP contribution in [0.5, 0.6) is 5.75 Å². The molecule has 1 aliphatic heterocycles. The van der Waals surface area contributed by atoms with Gasteiger partial charge in [0.05, 0.1) is 17.6 Å². The number of morpholine rings is 1. The number of β-amino-alcohol motifs (C(OH)–C–C–N with tert-alkyl or cyclic N) is 1. The van der Waals surface area contributed by atoms with Crippen LogP contribution < -0.4 is 14.9 Å². The molecule has 9 nitrogen and oxygen atoms in total. The summed E-state index contributed by atoms with van der Waals surface area (Å²) in [7, 11) is -3.92. The normalized spacial score (nSPS) is 19.0. The lowest BCUT2D eigenvalue weighted by atomic mass is 9.93. The van der Waals surface area contributed by atoms with Crippen LogP contribution in [0.3, 0.4) is 0 Å². The molecule has 3 atom stereocenters. The number of rotatable bonds is 11. The Balaban J connectivity index is 0.00000441. The number of fused-ring (bicyclic) bond motifs is 1. The van der Waals surface area contributed by atoms with Gasteiger partial charge in [-0.2, -0.15) is 5.26 Å². The number of aliphatic hydroxyl groups is 1. The molecule has 0 radical (unpaired) electrons. The number of hydrazine groups is 1. The highest BCUT2D eigenvalue weighted by Crippen LogP contribution is 2.21. The zero-order valence-electron chi connectivity index (χ0n) is 22.3. The van der Waals surface area contributed by atoms with E-state index in [9.17, 15) is 13.5 Å². The molecule has 1 saturated heterocycles. The summed E-state index contributed by atoms with van der Waals surface area (Å²) in [4.78, 5) is 2.42. The van der Waals surface area contributed by atoms with Gasteiger partial charge in [-0.3, -0.25) is 0 Å². The van der Waals surface area contributed by atoms with E-state index in [4.69, 9.17) is 26.3 Å². The third kappa shape index (κ3) is 8.52. The van der Waals surface area contributed by atoms with E-state index in [2.05, 4.69) is 54.3 Å². The molecule has 3 aromatic carbocycles. The summed E-state index contributed by atoms with van der Waals surface area (Å²) in [5.41, 5.74) is 0.0118. The molecular weight excluding hydrogens is 575 g/mol. The monoisotopic (exact) mass is 608 g/mol. The van der Waals surface area contributed by atoms with Crippen molar-refractivity contribution in [2.45, 2.75) is 48.4 Å². The average Bonchev–Trinajstić information content (AvgIpc) is 2.92. The van der Waals surface area contributed by atoms with E-state index < -0.39 is 27.7 Å². The summed E-state index contributed by atoms with van der Waals surface area (Å²) in [6.07, 6.45) is -0.911. The van der Waals surface area contributed by atoms with Gasteiger partial charge in [0.25, 0.3) is 10.0 Å². The zero-order chi connectivity index (χ0) is 28.0. The number of nitriles is 1. The zero-order valence-corrected chi connectivity index (χ0v) is 24.7. The van der Waals surface area contributed by atoms with Gasteiger partial charge in [-0.05, 0) is 60.9 Å². The van der Waals surface area contributed by atoms with Gasteiger partial charge in [0.15, 0.2) is 6.10 Å². The molecular formula is C28H34Cl2N4O5S. The summed E-state index contributed by atoms with van der Waals surface area (Å²) in [6.45, 7) is 4.94. The van der Waals surface area contributed by atoms with Crippen LogP contribution in [0.15, 0.2) is 71.6 Å². The lowest BCUT2D eigenvalue weighted by Gasteiger charge is -2.34. The van der Waals surface area contributed by atoms with Crippen LogP contribution in [0.4, 0.5) is 0 Å². The van der Waals surface area contributed by atoms with E-state index in [1.807, 2.05) is 18.2 Å². The Kier molecular flexibility index (Phi) is 11.2. The third-order valence-corrected chi connectivity index (χ3v) is 8.23. The van der Waals surface area contributed by atoms with Crippen LogP contribution >= 0.6 is 24.0 Å². The fourth-order valence-electron chi connectivity index (χ4n) is 4.33. The summed E-state index contributed by atoms with van der Waals surface area (Å²) in [5.74, 6) is 0.426. The number of hydrogen-bond acceptors (Lipinski definition) is 8. The lowest BCUT2D eigenvalue weighted by Crippen LogP contribution is -2.55. The van der Waals surface area contributed by atoms with E-state index in [0.717, 1.165) is 6.42 Å². The summed E-state index contributed by atoms with van der Waals surface area (Å²) >= 11 is 6.16. The van der Waals surface area contributed by atoms with Gasteiger partial charge in [-0.1, -0.05) is 42.5 Å². The first kappa shape index (κ1) is 32.1. The highest BCUT2D eigenvalue weighted by atomic mass is 35.5. The van der Waals surface area contributed by atoms with E-state index in [-0.39, 0.29) is 42.6 Å². The maximum Gasteiger partial charge on any atom is 0.253 e. The number of nitrogens with one attached hydrogen (secondary N) is 2. The second kappa shape index (κ2) is 13.9. The van der Waals surface area contributed by atoms with Crippen molar-refractivity contribution in [3.8, 4) is 11.8 Å². The molecule has 0 aromatic heterocycles. The summed E-state index contributed by atoms with van der Waals surface area (Å²) in [5, 5.41) is 26.6. The number of aliphatic hydroxyl groups excluding tert-OH is 1. The number of alkyl halides is 1. The Labute approximate surface area is 246 Å². The van der Waals surface area contributed by atoms with E-state index in [1.165, 1.54) is 45.6 Å². The minimum Gasteiger partial charge on any atom is -0.491 e. The number of hydrogen-bond donors (Lipinski definition) is 3. The van der Waals surface area contributed by atoms with Crippen LogP contribution in [-0.4, -0.2) is 68.1 Å². The van der Waals surface area contributed by atoms with Crippen molar-refractivity contribution in [3.63, 3.8) is 0 Å². The first-order valence-corrected chi connectivity index (χ1v) is 14.6. The number of halogens is 2. The standard InChI is InChI=1S/C28H33ClN4O5S.ClH/c1-28(2,16-20-7-8-21-5-3-4-6-22(21)15-20)31-18-23(34)19-38-24-9-11-25(12-10-24)39(35,36)32-33-13-14-37-26(17-30)27(33)29;/h3-12,15,23,26-27,31-32,34H,13-14,16,18-19H2,1-2H3;1H/t23-,26?,27?;/m1./s1. The van der Waals surface area contributed by atoms with Crippen LogP contribution in [0.25, 0.3) is 10.8 Å². The van der Waals surface area contributed by atoms with Crippen LogP contribution in [-0.2, 0) is 21.2 Å². The number of nitrogens with zero attached hydrogens (tertiary/aromatic N) is 2. The molecule has 0 amide bonds. The summed E-state index contributed by atoms with van der Waals surface area (Å²) < 4.78 is 36.4. The van der Waals surface area contributed by atoms with Gasteiger partial charge in [0.1, 0.15) is 24.0 Å². The highest BCUT2D eigenvalue weighted by molar-refractivity contribution is 7.89. The smallest absolute Gasteiger partial charge is 0.253 e. The first-order valence-electron chi connectivity index (χ1n) is 12.6. The highest BCUT2D eigenvalue weighted by Gasteiger charge is 2.33. The minimum atomic E-state index is -3.92. The molecule has 12 heteroatoms. The molecule has 0 bridgehead atoms. The van der Waals surface area contributed by atoms with Crippen molar-refractivity contribution in [3.05, 3.63) is 72.3 Å². The fraction of sp³-hybridized carbons (Fsp3) is 0.393. The molecule has 216 valence electrons. The van der Waals surface area contributed by atoms with Crippen molar-refractivity contribution >= 4 is 44.8 Å². The van der Waals surface area contributed by atoms with Gasteiger partial charge in [-0.25, -0.2) is 13.4 Å². The quantitative estimate of drug-likeness (QED) is 0.223.